The highest BCUT2D eigenvalue weighted by Gasteiger charge is 2.32. The maximum absolute atomic E-state index is 13.0. The highest BCUT2D eigenvalue weighted by atomic mass is 32.2. The predicted octanol–water partition coefficient (Wildman–Crippen LogP) is 3.31. The summed E-state index contributed by atoms with van der Waals surface area (Å²) < 4.78 is 58.8. The smallest absolute Gasteiger partial charge is 0.240 e. The molecule has 0 aliphatic heterocycles. The second-order valence-electron chi connectivity index (χ2n) is 5.51. The van der Waals surface area contributed by atoms with Crippen molar-refractivity contribution in [2.24, 2.45) is 0 Å². The number of hydrogen-bond donors (Lipinski definition) is 1. The second-order valence-corrected chi connectivity index (χ2v) is 11.6. The number of hydrogen-bond acceptors (Lipinski definition) is 7. The highest BCUT2D eigenvalue weighted by molar-refractivity contribution is 7.94. The third-order valence-corrected chi connectivity index (χ3v) is 9.93. The van der Waals surface area contributed by atoms with Crippen LogP contribution < -0.4 is 9.46 Å². The summed E-state index contributed by atoms with van der Waals surface area (Å²) >= 11 is 2.40. The Labute approximate surface area is 166 Å². The topological polar surface area (TPSA) is 89.5 Å². The Hall–Kier alpha value is -1.72. The molecular formula is C17H17NO5S4. The van der Waals surface area contributed by atoms with Crippen LogP contribution in [0, 0.1) is 0 Å². The molecule has 0 amide bonds. The maximum atomic E-state index is 13.0. The lowest BCUT2D eigenvalue weighted by Gasteiger charge is -2.16. The quantitative estimate of drug-likeness (QED) is 0.577. The van der Waals surface area contributed by atoms with E-state index in [2.05, 4.69) is 4.72 Å². The third kappa shape index (κ3) is 4.41. The molecule has 10 heteroatoms. The van der Waals surface area contributed by atoms with E-state index in [1.165, 1.54) is 48.8 Å². The van der Waals surface area contributed by atoms with Crippen LogP contribution in [0.3, 0.4) is 0 Å². The molecule has 1 aromatic carbocycles. The fourth-order valence-electron chi connectivity index (χ4n) is 2.43. The van der Waals surface area contributed by atoms with Gasteiger partial charge in [0, 0.05) is 11.4 Å². The minimum Gasteiger partial charge on any atom is -0.497 e. The molecule has 0 spiro atoms. The summed E-state index contributed by atoms with van der Waals surface area (Å²) in [6.45, 7) is -0.255. The van der Waals surface area contributed by atoms with Gasteiger partial charge in [-0.1, -0.05) is 12.1 Å². The molecule has 1 atom stereocenters. The van der Waals surface area contributed by atoms with Crippen molar-refractivity contribution in [2.45, 2.75) is 14.4 Å². The standard InChI is InChI=1S/C17H17NO5S4/c1-23-13-6-8-14(9-7-13)27(21,22)18-12-16(15-4-2-10-24-15)26(19,20)17-5-3-11-25-17/h2-11,16,18H,12H2,1H3/t16-/m0/s1. The zero-order valence-corrected chi connectivity index (χ0v) is 17.5. The molecule has 0 fully saturated rings. The summed E-state index contributed by atoms with van der Waals surface area (Å²) in [5.41, 5.74) is 0. The minimum absolute atomic E-state index is 0.0433. The number of thiophene rings is 2. The first-order chi connectivity index (χ1) is 12.8. The van der Waals surface area contributed by atoms with Crippen molar-refractivity contribution in [1.82, 2.24) is 4.72 Å². The Bertz CT molecular complexity index is 1070. The monoisotopic (exact) mass is 443 g/mol. The molecule has 6 nitrogen and oxygen atoms in total. The fraction of sp³-hybridized carbons (Fsp3) is 0.176. The molecular weight excluding hydrogens is 426 g/mol. The highest BCUT2D eigenvalue weighted by Crippen LogP contribution is 2.33. The SMILES string of the molecule is COc1ccc(S(=O)(=O)NC[C@@H](c2cccs2)S(=O)(=O)c2cccs2)cc1. The number of sulfone groups is 1. The van der Waals surface area contributed by atoms with Crippen molar-refractivity contribution in [2.75, 3.05) is 13.7 Å². The number of sulfonamides is 1. The van der Waals surface area contributed by atoms with Crippen molar-refractivity contribution < 1.29 is 21.6 Å². The zero-order valence-electron chi connectivity index (χ0n) is 14.2. The average molecular weight is 444 g/mol. The summed E-state index contributed by atoms with van der Waals surface area (Å²) in [7, 11) is -6.09. The molecule has 27 heavy (non-hydrogen) atoms. The largest absolute Gasteiger partial charge is 0.497 e. The van der Waals surface area contributed by atoms with Crippen LogP contribution in [0.1, 0.15) is 10.1 Å². The van der Waals surface area contributed by atoms with E-state index in [1.54, 1.807) is 29.0 Å². The van der Waals surface area contributed by atoms with Gasteiger partial charge >= 0.3 is 0 Å². The molecule has 0 saturated carbocycles. The summed E-state index contributed by atoms with van der Waals surface area (Å²) in [5, 5.41) is 2.45. The van der Waals surface area contributed by atoms with Gasteiger partial charge in [0.1, 0.15) is 15.2 Å². The van der Waals surface area contributed by atoms with Crippen LogP contribution in [0.5, 0.6) is 5.75 Å². The van der Waals surface area contributed by atoms with Crippen molar-refractivity contribution >= 4 is 42.5 Å². The van der Waals surface area contributed by atoms with E-state index in [-0.39, 0.29) is 15.6 Å². The molecule has 2 heterocycles. The Morgan fingerprint density at radius 1 is 0.963 bits per heavy atom. The first-order valence-electron chi connectivity index (χ1n) is 7.79. The van der Waals surface area contributed by atoms with Gasteiger partial charge < -0.3 is 4.74 Å². The molecule has 0 bridgehead atoms. The number of benzene rings is 1. The van der Waals surface area contributed by atoms with Gasteiger partial charge in [-0.3, -0.25) is 0 Å². The van der Waals surface area contributed by atoms with Crippen molar-refractivity contribution in [3.63, 3.8) is 0 Å². The van der Waals surface area contributed by atoms with E-state index in [4.69, 9.17) is 4.74 Å². The van der Waals surface area contributed by atoms with Crippen molar-refractivity contribution in [1.29, 1.82) is 0 Å². The van der Waals surface area contributed by atoms with Gasteiger partial charge in [0.15, 0.2) is 9.84 Å². The first kappa shape index (κ1) is 20.0. The molecule has 3 aromatic rings. The molecule has 1 N–H and O–H groups in total. The van der Waals surface area contributed by atoms with E-state index in [1.807, 2.05) is 0 Å². The molecule has 0 aliphatic carbocycles. The molecule has 0 aliphatic rings. The van der Waals surface area contributed by atoms with Gasteiger partial charge in [-0.15, -0.1) is 22.7 Å². The van der Waals surface area contributed by atoms with Gasteiger partial charge in [0.05, 0.1) is 12.0 Å². The average Bonchev–Trinajstić information content (AvgIpc) is 3.36. The first-order valence-corrected chi connectivity index (χ1v) is 12.6. The number of ether oxygens (including phenoxy) is 1. The van der Waals surface area contributed by atoms with Gasteiger partial charge in [0.2, 0.25) is 10.0 Å². The predicted molar refractivity (Wildman–Crippen MR) is 107 cm³/mol. The van der Waals surface area contributed by atoms with Crippen LogP contribution in [0.2, 0.25) is 0 Å². The molecule has 2 aromatic heterocycles. The van der Waals surface area contributed by atoms with Gasteiger partial charge in [-0.2, -0.15) is 0 Å². The molecule has 3 rings (SSSR count). The van der Waals surface area contributed by atoms with Gasteiger partial charge in [-0.05, 0) is 47.2 Å². The number of nitrogens with one attached hydrogen (secondary N) is 1. The number of rotatable bonds is 8. The van der Waals surface area contributed by atoms with Gasteiger partial charge in [-0.25, -0.2) is 21.6 Å². The Morgan fingerprint density at radius 2 is 1.63 bits per heavy atom. The Kier molecular flexibility index (Phi) is 6.02. The molecule has 0 radical (unpaired) electrons. The van der Waals surface area contributed by atoms with E-state index < -0.39 is 25.1 Å². The van der Waals surface area contributed by atoms with Crippen LogP contribution >= 0.6 is 22.7 Å². The van der Waals surface area contributed by atoms with Crippen molar-refractivity contribution in [3.8, 4) is 5.75 Å². The van der Waals surface area contributed by atoms with Crippen LogP contribution in [-0.2, 0) is 19.9 Å². The zero-order chi connectivity index (χ0) is 19.5. The summed E-state index contributed by atoms with van der Waals surface area (Å²) in [6.07, 6.45) is 0. The van der Waals surface area contributed by atoms with E-state index in [0.29, 0.717) is 10.6 Å². The van der Waals surface area contributed by atoms with Crippen molar-refractivity contribution in [3.05, 3.63) is 64.2 Å². The normalized spacial score (nSPS) is 13.4. The van der Waals surface area contributed by atoms with Crippen LogP contribution in [0.4, 0.5) is 0 Å². The third-order valence-electron chi connectivity index (χ3n) is 3.84. The van der Waals surface area contributed by atoms with E-state index in [0.717, 1.165) is 11.3 Å². The second kappa shape index (κ2) is 8.11. The minimum atomic E-state index is -3.86. The lowest BCUT2D eigenvalue weighted by Crippen LogP contribution is -2.31. The molecule has 0 unspecified atom stereocenters. The maximum Gasteiger partial charge on any atom is 0.240 e. The number of methoxy groups -OCH3 is 1. The van der Waals surface area contributed by atoms with E-state index >= 15 is 0 Å². The summed E-state index contributed by atoms with van der Waals surface area (Å²) in [6, 6.07) is 12.5. The Balaban J connectivity index is 1.87. The van der Waals surface area contributed by atoms with Gasteiger partial charge in [0.25, 0.3) is 0 Å². The van der Waals surface area contributed by atoms with Crippen LogP contribution in [-0.4, -0.2) is 30.5 Å². The lowest BCUT2D eigenvalue weighted by molar-refractivity contribution is 0.414. The van der Waals surface area contributed by atoms with E-state index in [9.17, 15) is 16.8 Å². The summed E-state index contributed by atoms with van der Waals surface area (Å²) in [5.74, 6) is 0.533. The lowest BCUT2D eigenvalue weighted by atomic mass is 10.3. The molecule has 0 saturated heterocycles. The summed E-state index contributed by atoms with van der Waals surface area (Å²) in [4.78, 5) is 0.627. The molecule has 144 valence electrons. The van der Waals surface area contributed by atoms with Crippen LogP contribution in [0.25, 0.3) is 0 Å². The van der Waals surface area contributed by atoms with Crippen LogP contribution in [0.15, 0.2) is 68.4 Å². The Morgan fingerprint density at radius 3 is 2.19 bits per heavy atom. The fourth-order valence-corrected chi connectivity index (χ4v) is 7.57.